The van der Waals surface area contributed by atoms with Crippen LogP contribution in [0.4, 0.5) is 0 Å². The summed E-state index contributed by atoms with van der Waals surface area (Å²) in [4.78, 5) is 15.5. The number of rotatable bonds is 4. The molecule has 0 bridgehead atoms. The zero-order chi connectivity index (χ0) is 14.8. The molecule has 0 saturated carbocycles. The predicted octanol–water partition coefficient (Wildman–Crippen LogP) is 4.14. The zero-order valence-electron chi connectivity index (χ0n) is 13.3. The summed E-state index contributed by atoms with van der Waals surface area (Å²) in [5, 5.41) is 0. The van der Waals surface area contributed by atoms with Crippen molar-refractivity contribution < 1.29 is 4.79 Å². The molecule has 0 radical (unpaired) electrons. The highest BCUT2D eigenvalue weighted by molar-refractivity contribution is 6.04. The molecule has 20 heavy (non-hydrogen) atoms. The fourth-order valence-electron chi connectivity index (χ4n) is 3.27. The van der Waals surface area contributed by atoms with Crippen molar-refractivity contribution in [3.63, 3.8) is 0 Å². The largest absolute Gasteiger partial charge is 0.292 e. The van der Waals surface area contributed by atoms with Gasteiger partial charge in [0.1, 0.15) is 0 Å². The summed E-state index contributed by atoms with van der Waals surface area (Å²) >= 11 is 0. The van der Waals surface area contributed by atoms with Crippen LogP contribution in [0.2, 0.25) is 0 Å². The molecule has 1 saturated heterocycles. The Morgan fingerprint density at radius 1 is 1.20 bits per heavy atom. The van der Waals surface area contributed by atoms with E-state index in [1.54, 1.807) is 0 Å². The van der Waals surface area contributed by atoms with E-state index in [2.05, 4.69) is 31.7 Å². The highest BCUT2D eigenvalue weighted by Gasteiger charge is 2.38. The van der Waals surface area contributed by atoms with Gasteiger partial charge in [-0.1, -0.05) is 37.1 Å². The molecule has 0 amide bonds. The summed E-state index contributed by atoms with van der Waals surface area (Å²) in [5.41, 5.74) is 2.87. The molecule has 2 rings (SSSR count). The third-order valence-corrected chi connectivity index (χ3v) is 4.86. The lowest BCUT2D eigenvalue weighted by Crippen LogP contribution is -2.54. The van der Waals surface area contributed by atoms with E-state index in [0.717, 1.165) is 30.6 Å². The summed E-state index contributed by atoms with van der Waals surface area (Å²) in [6.45, 7) is 10.5. The molecule has 1 aromatic rings. The Labute approximate surface area is 123 Å². The third kappa shape index (κ3) is 2.80. The SMILES string of the molecule is CCC(C)(C(=O)c1ccc(C)cc1C)N1CCCCC1. The number of hydrogen-bond acceptors (Lipinski definition) is 2. The van der Waals surface area contributed by atoms with E-state index in [1.165, 1.54) is 24.8 Å². The smallest absolute Gasteiger partial charge is 0.183 e. The highest BCUT2D eigenvalue weighted by Crippen LogP contribution is 2.29. The summed E-state index contributed by atoms with van der Waals surface area (Å²) in [6, 6.07) is 6.16. The number of benzene rings is 1. The van der Waals surface area contributed by atoms with E-state index < -0.39 is 0 Å². The molecule has 1 aromatic carbocycles. The minimum atomic E-state index is -0.347. The highest BCUT2D eigenvalue weighted by atomic mass is 16.1. The van der Waals surface area contributed by atoms with Crippen LogP contribution in [0.3, 0.4) is 0 Å². The van der Waals surface area contributed by atoms with Crippen LogP contribution in [0.25, 0.3) is 0 Å². The maximum Gasteiger partial charge on any atom is 0.183 e. The van der Waals surface area contributed by atoms with Crippen LogP contribution in [0.1, 0.15) is 61.0 Å². The fourth-order valence-corrected chi connectivity index (χ4v) is 3.27. The lowest BCUT2D eigenvalue weighted by Gasteiger charge is -2.42. The Bertz CT molecular complexity index is 488. The number of nitrogens with zero attached hydrogens (tertiary/aromatic N) is 1. The molecular weight excluding hydrogens is 246 g/mol. The van der Waals surface area contributed by atoms with Crippen LogP contribution in [0, 0.1) is 13.8 Å². The van der Waals surface area contributed by atoms with Crippen molar-refractivity contribution in [1.82, 2.24) is 4.90 Å². The average molecular weight is 273 g/mol. The molecule has 1 heterocycles. The second-order valence-electron chi connectivity index (χ2n) is 6.32. The van der Waals surface area contributed by atoms with Crippen LogP contribution in [0.5, 0.6) is 0 Å². The standard InChI is InChI=1S/C18H27NO/c1-5-18(4,19-11-7-6-8-12-19)17(20)16-10-9-14(2)13-15(16)3/h9-10,13H,5-8,11-12H2,1-4H3. The number of aryl methyl sites for hydroxylation is 2. The number of Topliss-reactive ketones (excluding diaryl/α,β-unsaturated/α-hetero) is 1. The van der Waals surface area contributed by atoms with Gasteiger partial charge in [-0.2, -0.15) is 0 Å². The molecule has 2 nitrogen and oxygen atoms in total. The zero-order valence-corrected chi connectivity index (χ0v) is 13.3. The molecule has 0 N–H and O–H groups in total. The van der Waals surface area contributed by atoms with Crippen molar-refractivity contribution in [1.29, 1.82) is 0 Å². The van der Waals surface area contributed by atoms with Crippen molar-refractivity contribution in [3.05, 3.63) is 34.9 Å². The molecule has 1 atom stereocenters. The van der Waals surface area contributed by atoms with Gasteiger partial charge in [-0.25, -0.2) is 0 Å². The Morgan fingerprint density at radius 2 is 1.85 bits per heavy atom. The van der Waals surface area contributed by atoms with Crippen LogP contribution < -0.4 is 0 Å². The summed E-state index contributed by atoms with van der Waals surface area (Å²) in [7, 11) is 0. The maximum atomic E-state index is 13.1. The maximum absolute atomic E-state index is 13.1. The number of likely N-dealkylation sites (tertiary alicyclic amines) is 1. The van der Waals surface area contributed by atoms with E-state index in [4.69, 9.17) is 0 Å². The van der Waals surface area contributed by atoms with Gasteiger partial charge >= 0.3 is 0 Å². The molecule has 1 aliphatic heterocycles. The molecular formula is C18H27NO. The van der Waals surface area contributed by atoms with Crippen molar-refractivity contribution in [2.45, 2.75) is 58.9 Å². The molecule has 0 aliphatic carbocycles. The first kappa shape index (κ1) is 15.2. The molecule has 110 valence electrons. The summed E-state index contributed by atoms with van der Waals surface area (Å²) in [6.07, 6.45) is 4.61. The second-order valence-corrected chi connectivity index (χ2v) is 6.32. The molecule has 1 aliphatic rings. The number of ketones is 1. The van der Waals surface area contributed by atoms with Gasteiger partial charge in [0, 0.05) is 5.56 Å². The van der Waals surface area contributed by atoms with Crippen LogP contribution in [-0.4, -0.2) is 29.3 Å². The van der Waals surface area contributed by atoms with Gasteiger partial charge in [-0.15, -0.1) is 0 Å². The van der Waals surface area contributed by atoms with Crippen molar-refractivity contribution in [2.24, 2.45) is 0 Å². The molecule has 1 unspecified atom stereocenters. The monoisotopic (exact) mass is 273 g/mol. The summed E-state index contributed by atoms with van der Waals surface area (Å²) in [5.74, 6) is 0.291. The van der Waals surface area contributed by atoms with E-state index >= 15 is 0 Å². The second kappa shape index (κ2) is 6.09. The number of hydrogen-bond donors (Lipinski definition) is 0. The first-order chi connectivity index (χ1) is 9.49. The molecule has 2 heteroatoms. The lowest BCUT2D eigenvalue weighted by molar-refractivity contribution is 0.0505. The van der Waals surface area contributed by atoms with Crippen LogP contribution in [-0.2, 0) is 0 Å². The van der Waals surface area contributed by atoms with Crippen molar-refractivity contribution in [3.8, 4) is 0 Å². The van der Waals surface area contributed by atoms with Crippen LogP contribution in [0.15, 0.2) is 18.2 Å². The minimum absolute atomic E-state index is 0.291. The summed E-state index contributed by atoms with van der Waals surface area (Å²) < 4.78 is 0. The first-order valence-corrected chi connectivity index (χ1v) is 7.86. The van der Waals surface area contributed by atoms with Crippen molar-refractivity contribution in [2.75, 3.05) is 13.1 Å². The van der Waals surface area contributed by atoms with Crippen LogP contribution >= 0.6 is 0 Å². The first-order valence-electron chi connectivity index (χ1n) is 7.86. The van der Waals surface area contributed by atoms with Gasteiger partial charge in [0.05, 0.1) is 5.54 Å². The third-order valence-electron chi connectivity index (χ3n) is 4.86. The minimum Gasteiger partial charge on any atom is -0.292 e. The molecule has 0 spiro atoms. The van der Waals surface area contributed by atoms with Gasteiger partial charge < -0.3 is 0 Å². The molecule has 0 aromatic heterocycles. The number of carbonyl (C=O) groups excluding carboxylic acids is 1. The van der Waals surface area contributed by atoms with Gasteiger partial charge in [0.15, 0.2) is 5.78 Å². The Kier molecular flexibility index (Phi) is 4.64. The van der Waals surface area contributed by atoms with E-state index in [1.807, 2.05) is 19.1 Å². The van der Waals surface area contributed by atoms with Gasteiger partial charge in [0.2, 0.25) is 0 Å². The quantitative estimate of drug-likeness (QED) is 0.768. The lowest BCUT2D eigenvalue weighted by atomic mass is 9.83. The Balaban J connectivity index is 2.32. The Hall–Kier alpha value is -1.15. The predicted molar refractivity (Wildman–Crippen MR) is 84.4 cm³/mol. The molecule has 1 fully saturated rings. The van der Waals surface area contributed by atoms with Crippen molar-refractivity contribution >= 4 is 5.78 Å². The van der Waals surface area contributed by atoms with E-state index in [9.17, 15) is 4.79 Å². The van der Waals surface area contributed by atoms with Gasteiger partial charge in [-0.05, 0) is 58.7 Å². The van der Waals surface area contributed by atoms with E-state index in [0.29, 0.717) is 5.78 Å². The van der Waals surface area contributed by atoms with E-state index in [-0.39, 0.29) is 5.54 Å². The fraction of sp³-hybridized carbons (Fsp3) is 0.611. The topological polar surface area (TPSA) is 20.3 Å². The van der Waals surface area contributed by atoms with Gasteiger partial charge in [0.25, 0.3) is 0 Å². The van der Waals surface area contributed by atoms with Gasteiger partial charge in [-0.3, -0.25) is 9.69 Å². The number of piperidine rings is 1. The Morgan fingerprint density at radius 3 is 2.40 bits per heavy atom. The normalized spacial score (nSPS) is 19.6. The average Bonchev–Trinajstić information content (AvgIpc) is 2.46. The number of carbonyl (C=O) groups is 1.